The number of likely N-dealkylation sites (tertiary alicyclic amines) is 1. The number of hydrogen-bond donors (Lipinski definition) is 0. The van der Waals surface area contributed by atoms with Crippen LogP contribution in [0.2, 0.25) is 5.15 Å². The van der Waals surface area contributed by atoms with Gasteiger partial charge in [-0.3, -0.25) is 0 Å². The molecule has 0 saturated carbocycles. The van der Waals surface area contributed by atoms with E-state index in [2.05, 4.69) is 14.8 Å². The average molecular weight is 456 g/mol. The van der Waals surface area contributed by atoms with E-state index in [9.17, 15) is 9.18 Å². The summed E-state index contributed by atoms with van der Waals surface area (Å²) < 4.78 is 21.7. The molecule has 3 aromatic rings. The van der Waals surface area contributed by atoms with Gasteiger partial charge in [0.1, 0.15) is 22.1 Å². The summed E-state index contributed by atoms with van der Waals surface area (Å²) in [6, 6.07) is 4.35. The molecule has 1 fully saturated rings. The van der Waals surface area contributed by atoms with Crippen molar-refractivity contribution in [3.63, 3.8) is 0 Å². The lowest BCUT2D eigenvalue weighted by molar-refractivity contribution is 0.0287. The number of imidazole rings is 1. The highest BCUT2D eigenvalue weighted by molar-refractivity contribution is 6.33. The van der Waals surface area contributed by atoms with Gasteiger partial charge >= 0.3 is 6.09 Å². The Hall–Kier alpha value is -3.18. The summed E-state index contributed by atoms with van der Waals surface area (Å²) in [5.74, 6) is -0.368. The summed E-state index contributed by atoms with van der Waals surface area (Å²) in [5, 5.41) is 0.217. The van der Waals surface area contributed by atoms with Gasteiger partial charge in [-0.05, 0) is 44.7 Å². The minimum atomic E-state index is -0.613. The second-order valence-corrected chi connectivity index (χ2v) is 9.27. The van der Waals surface area contributed by atoms with Crippen molar-refractivity contribution in [1.82, 2.24) is 19.4 Å². The number of benzene rings is 1. The van der Waals surface area contributed by atoms with Crippen LogP contribution in [0.25, 0.3) is 27.0 Å². The molecule has 0 unspecified atom stereocenters. The minimum absolute atomic E-state index is 0.0497. The summed E-state index contributed by atoms with van der Waals surface area (Å²) in [6.45, 7) is 14.5. The summed E-state index contributed by atoms with van der Waals surface area (Å²) in [5.41, 5.74) is 1.85. The SMILES string of the molecule is [C-]#[N+]c1ccc(-c2c(Cl)ncc3c2ncn3C[C@@H]2CCN(C(=O)OC(C)(C)C)C2)cc1F. The number of aromatic nitrogens is 3. The predicted octanol–water partition coefficient (Wildman–Crippen LogP) is 5.70. The highest BCUT2D eigenvalue weighted by Crippen LogP contribution is 2.35. The van der Waals surface area contributed by atoms with Crippen molar-refractivity contribution in [3.8, 4) is 11.1 Å². The maximum Gasteiger partial charge on any atom is 0.410 e. The standard InChI is InChI=1S/C23H23ClFN5O2/c1-23(2,3)32-22(31)29-8-7-14(11-29)12-30-13-28-20-18(30)10-27-21(24)19(20)15-5-6-17(26-4)16(25)9-15/h5-6,9-10,13-14H,7-8,11-12H2,1-3H3/t14-/m1/s1. The van der Waals surface area contributed by atoms with Gasteiger partial charge in [-0.1, -0.05) is 23.7 Å². The molecule has 0 bridgehead atoms. The quantitative estimate of drug-likeness (QED) is 0.375. The fraction of sp³-hybridized carbons (Fsp3) is 0.391. The summed E-state index contributed by atoms with van der Waals surface area (Å²) in [4.78, 5) is 26.0. The van der Waals surface area contributed by atoms with Crippen molar-refractivity contribution in [2.24, 2.45) is 5.92 Å². The van der Waals surface area contributed by atoms with Crippen LogP contribution in [0.3, 0.4) is 0 Å². The Morgan fingerprint density at radius 3 is 2.84 bits per heavy atom. The smallest absolute Gasteiger partial charge is 0.410 e. The lowest BCUT2D eigenvalue weighted by Crippen LogP contribution is -2.35. The number of hydrogen-bond acceptors (Lipinski definition) is 4. The molecular formula is C23H23ClFN5O2. The zero-order chi connectivity index (χ0) is 23.0. The fourth-order valence-electron chi connectivity index (χ4n) is 3.91. The molecule has 1 aliphatic heterocycles. The van der Waals surface area contributed by atoms with Crippen LogP contribution in [0.15, 0.2) is 30.7 Å². The number of ether oxygens (including phenoxy) is 1. The lowest BCUT2D eigenvalue weighted by atomic mass is 10.1. The highest BCUT2D eigenvalue weighted by atomic mass is 35.5. The van der Waals surface area contributed by atoms with Crippen molar-refractivity contribution >= 4 is 34.4 Å². The third-order valence-electron chi connectivity index (χ3n) is 5.37. The second kappa shape index (κ2) is 8.40. The molecule has 1 amide bonds. The monoisotopic (exact) mass is 455 g/mol. The van der Waals surface area contributed by atoms with Gasteiger partial charge in [-0.2, -0.15) is 0 Å². The van der Waals surface area contributed by atoms with E-state index in [-0.39, 0.29) is 22.9 Å². The van der Waals surface area contributed by atoms with E-state index >= 15 is 0 Å². The fourth-order valence-corrected chi connectivity index (χ4v) is 4.15. The van der Waals surface area contributed by atoms with E-state index in [0.29, 0.717) is 36.3 Å². The summed E-state index contributed by atoms with van der Waals surface area (Å²) in [7, 11) is 0. The molecule has 2 aromatic heterocycles. The zero-order valence-electron chi connectivity index (χ0n) is 18.1. The zero-order valence-corrected chi connectivity index (χ0v) is 18.9. The maximum absolute atomic E-state index is 14.2. The minimum Gasteiger partial charge on any atom is -0.444 e. The molecule has 0 spiro atoms. The first-order valence-corrected chi connectivity index (χ1v) is 10.7. The molecule has 1 atom stereocenters. The predicted molar refractivity (Wildman–Crippen MR) is 120 cm³/mol. The Kier molecular flexibility index (Phi) is 5.78. The van der Waals surface area contributed by atoms with Crippen LogP contribution in [0.1, 0.15) is 27.2 Å². The van der Waals surface area contributed by atoms with E-state index < -0.39 is 11.4 Å². The first-order valence-electron chi connectivity index (χ1n) is 10.3. The van der Waals surface area contributed by atoms with Crippen LogP contribution in [-0.4, -0.2) is 44.2 Å². The number of fused-ring (bicyclic) bond motifs is 1. The van der Waals surface area contributed by atoms with E-state index in [1.54, 1.807) is 23.5 Å². The van der Waals surface area contributed by atoms with Gasteiger partial charge in [-0.25, -0.2) is 24.0 Å². The van der Waals surface area contributed by atoms with Gasteiger partial charge in [0.05, 0.1) is 24.6 Å². The van der Waals surface area contributed by atoms with E-state index in [0.717, 1.165) is 11.9 Å². The van der Waals surface area contributed by atoms with Gasteiger partial charge in [0.15, 0.2) is 0 Å². The normalized spacial score (nSPS) is 16.4. The van der Waals surface area contributed by atoms with Gasteiger partial charge in [0.25, 0.3) is 0 Å². The number of rotatable bonds is 3. The number of nitrogens with zero attached hydrogens (tertiary/aromatic N) is 5. The molecule has 3 heterocycles. The van der Waals surface area contributed by atoms with Crippen molar-refractivity contribution in [3.05, 3.63) is 53.1 Å². The van der Waals surface area contributed by atoms with E-state index in [1.807, 2.05) is 25.3 Å². The molecule has 0 N–H and O–H groups in total. The van der Waals surface area contributed by atoms with Crippen LogP contribution >= 0.6 is 11.6 Å². The Morgan fingerprint density at radius 2 is 2.16 bits per heavy atom. The van der Waals surface area contributed by atoms with Gasteiger partial charge in [0.2, 0.25) is 5.69 Å². The van der Waals surface area contributed by atoms with Crippen molar-refractivity contribution in [2.45, 2.75) is 39.3 Å². The number of amides is 1. The third-order valence-corrected chi connectivity index (χ3v) is 5.66. The van der Waals surface area contributed by atoms with Gasteiger partial charge in [0, 0.05) is 25.2 Å². The molecule has 1 saturated heterocycles. The Bertz CT molecular complexity index is 1230. The molecule has 166 valence electrons. The summed E-state index contributed by atoms with van der Waals surface area (Å²) in [6.07, 6.45) is 3.93. The van der Waals surface area contributed by atoms with Gasteiger partial charge < -0.3 is 14.2 Å². The second-order valence-electron chi connectivity index (χ2n) is 8.91. The molecule has 0 aliphatic carbocycles. The highest BCUT2D eigenvalue weighted by Gasteiger charge is 2.30. The number of carbonyl (C=O) groups is 1. The summed E-state index contributed by atoms with van der Waals surface area (Å²) >= 11 is 6.35. The van der Waals surface area contributed by atoms with E-state index in [4.69, 9.17) is 22.9 Å². The van der Waals surface area contributed by atoms with Crippen LogP contribution in [0.4, 0.5) is 14.9 Å². The Labute approximate surface area is 190 Å². The molecule has 1 aliphatic rings. The maximum atomic E-state index is 14.2. The molecular weight excluding hydrogens is 433 g/mol. The van der Waals surface area contributed by atoms with Crippen LogP contribution < -0.4 is 0 Å². The van der Waals surface area contributed by atoms with Crippen molar-refractivity contribution in [2.75, 3.05) is 13.1 Å². The first kappa shape index (κ1) is 22.0. The van der Waals surface area contributed by atoms with Crippen LogP contribution in [0, 0.1) is 18.3 Å². The van der Waals surface area contributed by atoms with Gasteiger partial charge in [-0.15, -0.1) is 0 Å². The Morgan fingerprint density at radius 1 is 1.38 bits per heavy atom. The van der Waals surface area contributed by atoms with Crippen LogP contribution in [0.5, 0.6) is 0 Å². The topological polar surface area (TPSA) is 64.6 Å². The Balaban J connectivity index is 1.58. The first-order chi connectivity index (χ1) is 15.2. The average Bonchev–Trinajstić information content (AvgIpc) is 3.34. The lowest BCUT2D eigenvalue weighted by Gasteiger charge is -2.24. The molecule has 32 heavy (non-hydrogen) atoms. The molecule has 9 heteroatoms. The van der Waals surface area contributed by atoms with E-state index in [1.165, 1.54) is 12.1 Å². The molecule has 1 aromatic carbocycles. The molecule has 4 rings (SSSR count). The molecule has 7 nitrogen and oxygen atoms in total. The number of halogens is 2. The van der Waals surface area contributed by atoms with Crippen LogP contribution in [-0.2, 0) is 11.3 Å². The molecule has 0 radical (unpaired) electrons. The largest absolute Gasteiger partial charge is 0.444 e. The number of carbonyl (C=O) groups excluding carboxylic acids is 1. The van der Waals surface area contributed by atoms with Crippen molar-refractivity contribution < 1.29 is 13.9 Å². The number of pyridine rings is 1. The van der Waals surface area contributed by atoms with Crippen molar-refractivity contribution in [1.29, 1.82) is 0 Å². The third kappa shape index (κ3) is 4.39.